The topological polar surface area (TPSA) is 109 Å². The summed E-state index contributed by atoms with van der Waals surface area (Å²) in [4.78, 5) is 45.0. The number of hydrogen-bond donors (Lipinski definition) is 2. The third kappa shape index (κ3) is 6.31. The number of anilines is 1. The molecule has 178 valence electrons. The molecule has 1 saturated heterocycles. The second-order valence-electron chi connectivity index (χ2n) is 9.02. The Hall–Kier alpha value is -2.94. The number of nitrogens with two attached hydrogens (primary N) is 1. The number of hydrogen-bond acceptors (Lipinski definition) is 5. The highest BCUT2D eigenvalue weighted by atomic mass is 32.1. The first-order valence-electron chi connectivity index (χ1n) is 11.4. The first-order valence-corrected chi connectivity index (χ1v) is 12.2. The van der Waals surface area contributed by atoms with Crippen LogP contribution in [-0.2, 0) is 11.3 Å². The van der Waals surface area contributed by atoms with Gasteiger partial charge in [0.2, 0.25) is 5.91 Å². The number of nitrogens with zero attached hydrogens (tertiary/aromatic N) is 3. The molecule has 2 heterocycles. The Morgan fingerprint density at radius 3 is 2.33 bits per heavy atom. The number of rotatable bonds is 7. The molecule has 8 nitrogen and oxygen atoms in total. The zero-order chi connectivity index (χ0) is 24.1. The highest BCUT2D eigenvalue weighted by molar-refractivity contribution is 7.09. The number of primary amides is 1. The summed E-state index contributed by atoms with van der Waals surface area (Å²) >= 11 is 1.37. The summed E-state index contributed by atoms with van der Waals surface area (Å²) in [7, 11) is 0. The van der Waals surface area contributed by atoms with Gasteiger partial charge in [0.15, 0.2) is 0 Å². The molecule has 1 aromatic carbocycles. The van der Waals surface area contributed by atoms with E-state index < -0.39 is 0 Å². The highest BCUT2D eigenvalue weighted by Crippen LogP contribution is 2.22. The van der Waals surface area contributed by atoms with Crippen LogP contribution < -0.4 is 11.1 Å². The lowest BCUT2D eigenvalue weighted by Crippen LogP contribution is -2.42. The fourth-order valence-electron chi connectivity index (χ4n) is 3.79. The largest absolute Gasteiger partial charge is 0.369 e. The summed E-state index contributed by atoms with van der Waals surface area (Å²) in [5, 5.41) is 5.39. The van der Waals surface area contributed by atoms with Crippen LogP contribution in [-0.4, -0.2) is 51.8 Å². The molecule has 4 amide bonds. The number of amides is 4. The zero-order valence-corrected chi connectivity index (χ0v) is 20.5. The molecule has 0 saturated carbocycles. The van der Waals surface area contributed by atoms with Crippen LogP contribution in [0.25, 0.3) is 0 Å². The smallest absolute Gasteiger partial charge is 0.322 e. The fraction of sp³-hybridized carbons (Fsp3) is 0.500. The molecule has 1 aromatic heterocycles. The lowest BCUT2D eigenvalue weighted by molar-refractivity contribution is -0.123. The lowest BCUT2D eigenvalue weighted by Gasteiger charge is -2.30. The normalized spacial score (nSPS) is 14.5. The van der Waals surface area contributed by atoms with Gasteiger partial charge in [0, 0.05) is 36.1 Å². The van der Waals surface area contributed by atoms with Gasteiger partial charge in [-0.2, -0.15) is 0 Å². The van der Waals surface area contributed by atoms with Crippen LogP contribution in [0.15, 0.2) is 29.6 Å². The average molecular weight is 472 g/mol. The maximum Gasteiger partial charge on any atom is 0.322 e. The number of nitrogens with one attached hydrogen (secondary N) is 1. The molecule has 2 aromatic rings. The van der Waals surface area contributed by atoms with Gasteiger partial charge in [0.1, 0.15) is 10.7 Å². The van der Waals surface area contributed by atoms with Gasteiger partial charge in [-0.1, -0.05) is 26.0 Å². The molecule has 0 atom stereocenters. The Balaban J connectivity index is 1.61. The minimum absolute atomic E-state index is 0.0455. The molecule has 0 spiro atoms. The summed E-state index contributed by atoms with van der Waals surface area (Å²) in [6.07, 6.45) is 1.16. The van der Waals surface area contributed by atoms with Crippen LogP contribution in [0.4, 0.5) is 10.5 Å². The summed E-state index contributed by atoms with van der Waals surface area (Å²) in [6, 6.07) is 7.60. The number of likely N-dealkylation sites (tertiary alicyclic amines) is 1. The third-order valence-electron chi connectivity index (χ3n) is 5.97. The van der Waals surface area contributed by atoms with E-state index in [0.717, 1.165) is 5.69 Å². The van der Waals surface area contributed by atoms with Crippen LogP contribution in [0.1, 0.15) is 67.5 Å². The molecule has 0 unspecified atom stereocenters. The van der Waals surface area contributed by atoms with E-state index in [-0.39, 0.29) is 29.8 Å². The molecule has 0 bridgehead atoms. The first kappa shape index (κ1) is 24.7. The Labute approximate surface area is 199 Å². The van der Waals surface area contributed by atoms with Gasteiger partial charge in [0.25, 0.3) is 5.91 Å². The lowest BCUT2D eigenvalue weighted by atomic mass is 9.96. The zero-order valence-electron chi connectivity index (χ0n) is 19.7. The minimum Gasteiger partial charge on any atom is -0.369 e. The van der Waals surface area contributed by atoms with Gasteiger partial charge < -0.3 is 20.9 Å². The van der Waals surface area contributed by atoms with Gasteiger partial charge in [0.05, 0.1) is 6.54 Å². The van der Waals surface area contributed by atoms with Crippen LogP contribution in [0.2, 0.25) is 0 Å². The number of aromatic nitrogens is 1. The van der Waals surface area contributed by atoms with Gasteiger partial charge in [-0.05, 0) is 50.3 Å². The van der Waals surface area contributed by atoms with Crippen LogP contribution in [0.5, 0.6) is 0 Å². The van der Waals surface area contributed by atoms with E-state index in [2.05, 4.69) is 24.1 Å². The molecule has 1 aliphatic rings. The van der Waals surface area contributed by atoms with Gasteiger partial charge in [-0.3, -0.25) is 9.59 Å². The molecule has 0 aliphatic carbocycles. The number of carbonyl (C=O) groups is 3. The van der Waals surface area contributed by atoms with E-state index in [9.17, 15) is 14.4 Å². The quantitative estimate of drug-likeness (QED) is 0.635. The SMILES string of the molecule is CC(C)c1ccc(NC(=O)N(Cc2nc(C(=O)N3CCC(C(N)=O)CC3)cs2)C(C)C)cc1. The van der Waals surface area contributed by atoms with Crippen molar-refractivity contribution in [2.45, 2.75) is 59.0 Å². The number of carbonyl (C=O) groups excluding carboxylic acids is 3. The van der Waals surface area contributed by atoms with Crippen molar-refractivity contribution in [1.82, 2.24) is 14.8 Å². The first-order chi connectivity index (χ1) is 15.7. The van der Waals surface area contributed by atoms with Crippen LogP contribution in [0, 0.1) is 5.92 Å². The molecule has 1 aliphatic heterocycles. The van der Waals surface area contributed by atoms with Crippen molar-refractivity contribution >= 4 is 34.9 Å². The number of piperidine rings is 1. The minimum atomic E-state index is -0.305. The second-order valence-corrected chi connectivity index (χ2v) is 9.97. The maximum atomic E-state index is 12.9. The molecule has 3 rings (SSSR count). The summed E-state index contributed by atoms with van der Waals surface area (Å²) < 4.78 is 0. The van der Waals surface area contributed by atoms with Crippen molar-refractivity contribution in [2.75, 3.05) is 18.4 Å². The van der Waals surface area contributed by atoms with E-state index in [1.165, 1.54) is 16.9 Å². The predicted octanol–water partition coefficient (Wildman–Crippen LogP) is 4.05. The molecule has 3 N–H and O–H groups in total. The molecular weight excluding hydrogens is 438 g/mol. The van der Waals surface area contributed by atoms with Gasteiger partial charge in [-0.15, -0.1) is 11.3 Å². The van der Waals surface area contributed by atoms with Crippen molar-refractivity contribution in [1.29, 1.82) is 0 Å². The van der Waals surface area contributed by atoms with Crippen LogP contribution >= 0.6 is 11.3 Å². The molecule has 1 fully saturated rings. The van der Waals surface area contributed by atoms with Gasteiger partial charge in [-0.25, -0.2) is 9.78 Å². The van der Waals surface area contributed by atoms with E-state index in [1.54, 1.807) is 15.2 Å². The van der Waals surface area contributed by atoms with E-state index in [1.807, 2.05) is 38.1 Å². The Kier molecular flexibility index (Phi) is 8.07. The Morgan fingerprint density at radius 2 is 1.79 bits per heavy atom. The van der Waals surface area contributed by atoms with Crippen molar-refractivity contribution in [3.05, 3.63) is 45.9 Å². The predicted molar refractivity (Wildman–Crippen MR) is 130 cm³/mol. The monoisotopic (exact) mass is 471 g/mol. The third-order valence-corrected chi connectivity index (χ3v) is 6.81. The fourth-order valence-corrected chi connectivity index (χ4v) is 4.56. The van der Waals surface area contributed by atoms with E-state index in [4.69, 9.17) is 5.73 Å². The molecule has 0 radical (unpaired) electrons. The van der Waals surface area contributed by atoms with Crippen molar-refractivity contribution in [3.8, 4) is 0 Å². The summed E-state index contributed by atoms with van der Waals surface area (Å²) in [5.74, 6) is -0.190. The maximum absolute atomic E-state index is 12.9. The van der Waals surface area contributed by atoms with Crippen molar-refractivity contribution in [2.24, 2.45) is 11.7 Å². The molecular formula is C24H33N5O3S. The summed E-state index contributed by atoms with van der Waals surface area (Å²) in [6.45, 7) is 9.46. The van der Waals surface area contributed by atoms with Crippen molar-refractivity contribution < 1.29 is 14.4 Å². The standard InChI is InChI=1S/C24H33N5O3S/c1-15(2)17-5-7-19(8-6-17)26-24(32)29(16(3)4)13-21-27-20(14-33-21)23(31)28-11-9-18(10-12-28)22(25)30/h5-8,14-16,18H,9-13H2,1-4H3,(H2,25,30)(H,26,32). The summed E-state index contributed by atoms with van der Waals surface area (Å²) in [5.41, 5.74) is 7.71. The Bertz CT molecular complexity index is 978. The molecule has 33 heavy (non-hydrogen) atoms. The van der Waals surface area contributed by atoms with Crippen LogP contribution in [0.3, 0.4) is 0 Å². The number of benzene rings is 1. The number of thiazole rings is 1. The second kappa shape index (κ2) is 10.8. The van der Waals surface area contributed by atoms with Gasteiger partial charge >= 0.3 is 6.03 Å². The van der Waals surface area contributed by atoms with Crippen molar-refractivity contribution in [3.63, 3.8) is 0 Å². The van der Waals surface area contributed by atoms with E-state index in [0.29, 0.717) is 49.1 Å². The highest BCUT2D eigenvalue weighted by Gasteiger charge is 2.28. The average Bonchev–Trinajstić information content (AvgIpc) is 3.26. The van der Waals surface area contributed by atoms with E-state index >= 15 is 0 Å². The Morgan fingerprint density at radius 1 is 1.15 bits per heavy atom. The number of urea groups is 1. The molecule has 9 heteroatoms.